The fraction of sp³-hybridized carbons (Fsp3) is 0.323. The predicted octanol–water partition coefficient (Wildman–Crippen LogP) is 5.64. The minimum Gasteiger partial charge on any atom is -0.324 e. The van der Waals surface area contributed by atoms with E-state index in [1.165, 1.54) is 18.5 Å². The standard InChI is InChI=1S/C31H33F3N8O/c1-19-5-8-24(12-27(19)40-30-37-10-9-26(39-30)23-13-35-18-36-14-23)38-29(43)21-6-7-22(25(11-21)31(32,33)34)16-42-15-20(2)28(17-42)41(3)4/h5-14,18,20,28H,15-17H2,1-4H3,(H,38,43)(H,37,39,40)/t20-,28+/m1/s1. The van der Waals surface area contributed by atoms with Crippen LogP contribution in [0.3, 0.4) is 0 Å². The van der Waals surface area contributed by atoms with Crippen LogP contribution in [0, 0.1) is 12.8 Å². The Labute approximate surface area is 248 Å². The zero-order valence-electron chi connectivity index (χ0n) is 24.4. The molecule has 0 bridgehead atoms. The lowest BCUT2D eigenvalue weighted by molar-refractivity contribution is -0.138. The average Bonchev–Trinajstić information content (AvgIpc) is 3.35. The summed E-state index contributed by atoms with van der Waals surface area (Å²) in [5.74, 6) is 0.0246. The van der Waals surface area contributed by atoms with Crippen LogP contribution >= 0.6 is 0 Å². The van der Waals surface area contributed by atoms with E-state index in [9.17, 15) is 18.0 Å². The number of halogens is 3. The lowest BCUT2D eigenvalue weighted by Gasteiger charge is -2.23. The fourth-order valence-electron chi connectivity index (χ4n) is 5.38. The van der Waals surface area contributed by atoms with Crippen molar-refractivity contribution in [2.24, 2.45) is 5.92 Å². The third kappa shape index (κ3) is 7.15. The highest BCUT2D eigenvalue weighted by Gasteiger charge is 2.36. The molecule has 12 heteroatoms. The highest BCUT2D eigenvalue weighted by atomic mass is 19.4. The number of nitrogens with zero attached hydrogens (tertiary/aromatic N) is 6. The van der Waals surface area contributed by atoms with Crippen molar-refractivity contribution in [2.45, 2.75) is 32.6 Å². The number of rotatable bonds is 8. The molecule has 0 radical (unpaired) electrons. The molecule has 1 aliphatic heterocycles. The second-order valence-electron chi connectivity index (χ2n) is 11.1. The number of nitrogens with one attached hydrogen (secondary N) is 2. The third-order valence-electron chi connectivity index (χ3n) is 7.64. The number of likely N-dealkylation sites (tertiary alicyclic amines) is 1. The van der Waals surface area contributed by atoms with Crippen molar-refractivity contribution in [3.63, 3.8) is 0 Å². The van der Waals surface area contributed by atoms with Gasteiger partial charge in [0.15, 0.2) is 0 Å². The van der Waals surface area contributed by atoms with Gasteiger partial charge in [-0.15, -0.1) is 0 Å². The Morgan fingerprint density at radius 2 is 1.84 bits per heavy atom. The van der Waals surface area contributed by atoms with E-state index in [1.807, 2.05) is 25.9 Å². The number of benzene rings is 2. The number of anilines is 3. The van der Waals surface area contributed by atoms with Crippen molar-refractivity contribution in [2.75, 3.05) is 37.8 Å². The monoisotopic (exact) mass is 590 g/mol. The molecule has 0 saturated carbocycles. The molecule has 3 heterocycles. The van der Waals surface area contributed by atoms with Gasteiger partial charge in [-0.3, -0.25) is 9.69 Å². The number of hydrogen-bond acceptors (Lipinski definition) is 8. The van der Waals surface area contributed by atoms with Crippen molar-refractivity contribution in [3.8, 4) is 11.3 Å². The Kier molecular flexibility index (Phi) is 8.69. The molecule has 2 aromatic carbocycles. The van der Waals surface area contributed by atoms with Gasteiger partial charge in [-0.1, -0.05) is 19.1 Å². The summed E-state index contributed by atoms with van der Waals surface area (Å²) in [6, 6.07) is 11.0. The van der Waals surface area contributed by atoms with Gasteiger partial charge in [-0.25, -0.2) is 19.9 Å². The molecule has 1 fully saturated rings. The van der Waals surface area contributed by atoms with Crippen LogP contribution in [0.15, 0.2) is 67.4 Å². The lowest BCUT2D eigenvalue weighted by Crippen LogP contribution is -2.34. The normalized spacial score (nSPS) is 17.3. The molecule has 0 aliphatic carbocycles. The van der Waals surface area contributed by atoms with Crippen molar-refractivity contribution in [1.82, 2.24) is 29.7 Å². The largest absolute Gasteiger partial charge is 0.416 e. The number of carbonyl (C=O) groups is 1. The molecular weight excluding hydrogens is 557 g/mol. The third-order valence-corrected chi connectivity index (χ3v) is 7.64. The zero-order chi connectivity index (χ0) is 30.7. The van der Waals surface area contributed by atoms with E-state index >= 15 is 0 Å². The van der Waals surface area contributed by atoms with Crippen LogP contribution in [0.25, 0.3) is 11.3 Å². The summed E-state index contributed by atoms with van der Waals surface area (Å²) in [5, 5.41) is 5.87. The first-order valence-corrected chi connectivity index (χ1v) is 13.8. The summed E-state index contributed by atoms with van der Waals surface area (Å²) < 4.78 is 42.4. The summed E-state index contributed by atoms with van der Waals surface area (Å²) >= 11 is 0. The Balaban J connectivity index is 1.32. The van der Waals surface area contributed by atoms with Gasteiger partial charge >= 0.3 is 6.18 Å². The van der Waals surface area contributed by atoms with Crippen molar-refractivity contribution in [3.05, 3.63) is 89.6 Å². The molecular formula is C31H33F3N8O. The second kappa shape index (κ2) is 12.4. The fourth-order valence-corrected chi connectivity index (χ4v) is 5.38. The first kappa shape index (κ1) is 30.1. The molecule has 0 unspecified atom stereocenters. The summed E-state index contributed by atoms with van der Waals surface area (Å²) in [6.45, 7) is 5.55. The molecule has 43 heavy (non-hydrogen) atoms. The van der Waals surface area contributed by atoms with Crippen LogP contribution in [0.1, 0.15) is 34.0 Å². The van der Waals surface area contributed by atoms with Crippen molar-refractivity contribution >= 4 is 23.2 Å². The Morgan fingerprint density at radius 1 is 1.07 bits per heavy atom. The van der Waals surface area contributed by atoms with Crippen molar-refractivity contribution < 1.29 is 18.0 Å². The van der Waals surface area contributed by atoms with Gasteiger partial charge in [0.1, 0.15) is 6.33 Å². The van der Waals surface area contributed by atoms with Gasteiger partial charge in [0.25, 0.3) is 5.91 Å². The van der Waals surface area contributed by atoms with Gasteiger partial charge in [0.05, 0.1) is 11.3 Å². The molecule has 224 valence electrons. The number of likely N-dealkylation sites (N-methyl/N-ethyl adjacent to an activating group) is 1. The molecule has 4 aromatic rings. The number of carbonyl (C=O) groups excluding carboxylic acids is 1. The number of alkyl halides is 3. The minimum atomic E-state index is -4.60. The quantitative estimate of drug-likeness (QED) is 0.272. The van der Waals surface area contributed by atoms with Gasteiger partial charge in [-0.05, 0) is 68.4 Å². The van der Waals surface area contributed by atoms with Crippen LogP contribution in [0.2, 0.25) is 0 Å². The van der Waals surface area contributed by atoms with E-state index in [-0.39, 0.29) is 23.7 Å². The Hall–Kier alpha value is -4.42. The maximum absolute atomic E-state index is 14.1. The number of hydrogen-bond donors (Lipinski definition) is 2. The molecule has 2 atom stereocenters. The summed E-state index contributed by atoms with van der Waals surface area (Å²) in [7, 11) is 3.97. The number of aryl methyl sites for hydroxylation is 1. The van der Waals surface area contributed by atoms with Gasteiger partial charge in [0.2, 0.25) is 5.95 Å². The van der Waals surface area contributed by atoms with Gasteiger partial charge < -0.3 is 15.5 Å². The van der Waals surface area contributed by atoms with E-state index < -0.39 is 17.6 Å². The number of aromatic nitrogens is 4. The van der Waals surface area contributed by atoms with Crippen LogP contribution < -0.4 is 10.6 Å². The first-order valence-electron chi connectivity index (χ1n) is 13.8. The maximum atomic E-state index is 14.1. The van der Waals surface area contributed by atoms with Crippen LogP contribution in [0.4, 0.5) is 30.5 Å². The van der Waals surface area contributed by atoms with Crippen LogP contribution in [-0.4, -0.2) is 68.9 Å². The highest BCUT2D eigenvalue weighted by Crippen LogP contribution is 2.35. The molecule has 0 spiro atoms. The van der Waals surface area contributed by atoms with E-state index in [0.717, 1.165) is 17.2 Å². The second-order valence-corrected chi connectivity index (χ2v) is 11.1. The highest BCUT2D eigenvalue weighted by molar-refractivity contribution is 6.04. The van der Waals surface area contributed by atoms with Crippen LogP contribution in [-0.2, 0) is 12.7 Å². The lowest BCUT2D eigenvalue weighted by atomic mass is 10.0. The summed E-state index contributed by atoms with van der Waals surface area (Å²) in [5.41, 5.74) is 2.52. The SMILES string of the molecule is Cc1ccc(NC(=O)c2ccc(CN3C[C@@H](C)[C@@H](N(C)C)C3)c(C(F)(F)F)c2)cc1Nc1nccc(-c2cncnc2)n1. The predicted molar refractivity (Wildman–Crippen MR) is 159 cm³/mol. The van der Waals surface area contributed by atoms with Crippen molar-refractivity contribution in [1.29, 1.82) is 0 Å². The molecule has 9 nitrogen and oxygen atoms in total. The molecule has 2 aromatic heterocycles. The smallest absolute Gasteiger partial charge is 0.324 e. The van der Waals surface area contributed by atoms with Crippen LogP contribution in [0.5, 0.6) is 0 Å². The van der Waals surface area contributed by atoms with Gasteiger partial charge in [0, 0.05) is 66.8 Å². The molecule has 1 aliphatic rings. The summed E-state index contributed by atoms with van der Waals surface area (Å²) in [6.07, 6.45) is 1.72. The molecule has 5 rings (SSSR count). The number of amides is 1. The Bertz CT molecular complexity index is 1600. The zero-order valence-corrected chi connectivity index (χ0v) is 24.4. The average molecular weight is 591 g/mol. The van der Waals surface area contributed by atoms with E-state index in [4.69, 9.17) is 0 Å². The topological polar surface area (TPSA) is 99.2 Å². The van der Waals surface area contributed by atoms with E-state index in [1.54, 1.807) is 42.9 Å². The minimum absolute atomic E-state index is 0.0757. The molecule has 1 saturated heterocycles. The molecule has 1 amide bonds. The summed E-state index contributed by atoms with van der Waals surface area (Å²) in [4.78, 5) is 34.1. The first-order chi connectivity index (χ1) is 20.5. The van der Waals surface area contributed by atoms with E-state index in [2.05, 4.69) is 42.4 Å². The Morgan fingerprint density at radius 3 is 2.53 bits per heavy atom. The van der Waals surface area contributed by atoms with Gasteiger partial charge in [-0.2, -0.15) is 13.2 Å². The molecule has 2 N–H and O–H groups in total. The maximum Gasteiger partial charge on any atom is 0.416 e. The van der Waals surface area contributed by atoms with E-state index in [0.29, 0.717) is 42.0 Å².